The van der Waals surface area contributed by atoms with Crippen LogP contribution in [0.2, 0.25) is 0 Å². The lowest BCUT2D eigenvalue weighted by Gasteiger charge is -2.14. The van der Waals surface area contributed by atoms with Crippen molar-refractivity contribution in [2.24, 2.45) is 5.73 Å². The van der Waals surface area contributed by atoms with E-state index in [-0.39, 0.29) is 12.4 Å². The molecule has 0 amide bonds. The van der Waals surface area contributed by atoms with Gasteiger partial charge in [0.2, 0.25) is 0 Å². The summed E-state index contributed by atoms with van der Waals surface area (Å²) >= 11 is 0. The summed E-state index contributed by atoms with van der Waals surface area (Å²) in [6.07, 6.45) is 0. The molecule has 0 saturated carbocycles. The first-order valence-electron chi connectivity index (χ1n) is 5.76. The first-order valence-corrected chi connectivity index (χ1v) is 5.76. The molecule has 106 valence electrons. The van der Waals surface area contributed by atoms with Gasteiger partial charge in [0.05, 0.1) is 6.04 Å². The van der Waals surface area contributed by atoms with Crippen molar-refractivity contribution in [2.75, 3.05) is 6.61 Å². The van der Waals surface area contributed by atoms with Crippen molar-refractivity contribution in [2.45, 2.75) is 6.04 Å². The van der Waals surface area contributed by atoms with Crippen molar-refractivity contribution in [1.29, 1.82) is 0 Å². The van der Waals surface area contributed by atoms with E-state index in [1.165, 1.54) is 6.07 Å². The minimum absolute atomic E-state index is 0.203. The SMILES string of the molecule is NC(COc1cc(F)ccc1F)c1ccc(F)c(F)c1. The Bertz CT molecular complexity index is 618. The first kappa shape index (κ1) is 14.3. The van der Waals surface area contributed by atoms with Crippen LogP contribution in [-0.2, 0) is 0 Å². The van der Waals surface area contributed by atoms with Crippen LogP contribution in [0.1, 0.15) is 11.6 Å². The highest BCUT2D eigenvalue weighted by Gasteiger charge is 2.12. The quantitative estimate of drug-likeness (QED) is 0.875. The second-order valence-electron chi connectivity index (χ2n) is 4.17. The number of halogens is 4. The molecule has 2 aromatic carbocycles. The molecule has 2 rings (SSSR count). The molecular weight excluding hydrogens is 274 g/mol. The van der Waals surface area contributed by atoms with E-state index in [2.05, 4.69) is 0 Å². The third-order valence-electron chi connectivity index (χ3n) is 2.68. The Balaban J connectivity index is 2.06. The molecule has 1 atom stereocenters. The van der Waals surface area contributed by atoms with Gasteiger partial charge in [0.15, 0.2) is 23.2 Å². The number of nitrogens with two attached hydrogens (primary N) is 1. The lowest BCUT2D eigenvalue weighted by atomic mass is 10.1. The van der Waals surface area contributed by atoms with Gasteiger partial charge in [-0.25, -0.2) is 17.6 Å². The summed E-state index contributed by atoms with van der Waals surface area (Å²) in [5.41, 5.74) is 6.01. The standard InChI is InChI=1S/C14H11F4NO/c15-9-2-4-11(17)14(6-9)20-7-13(19)8-1-3-10(16)12(18)5-8/h1-6,13H,7,19H2. The van der Waals surface area contributed by atoms with Gasteiger partial charge in [-0.15, -0.1) is 0 Å². The number of hydrogen-bond donors (Lipinski definition) is 1. The first-order chi connectivity index (χ1) is 9.47. The zero-order chi connectivity index (χ0) is 14.7. The molecule has 0 saturated heterocycles. The monoisotopic (exact) mass is 285 g/mol. The molecule has 0 aliphatic rings. The predicted molar refractivity (Wildman–Crippen MR) is 65.1 cm³/mol. The van der Waals surface area contributed by atoms with Crippen LogP contribution in [-0.4, -0.2) is 6.61 Å². The molecule has 0 bridgehead atoms. The van der Waals surface area contributed by atoms with Gasteiger partial charge >= 0.3 is 0 Å². The van der Waals surface area contributed by atoms with E-state index in [0.29, 0.717) is 5.56 Å². The molecular formula is C14H11F4NO. The summed E-state index contributed by atoms with van der Waals surface area (Å²) < 4.78 is 57.1. The maximum atomic E-state index is 13.3. The van der Waals surface area contributed by atoms with Gasteiger partial charge < -0.3 is 10.5 Å². The lowest BCUT2D eigenvalue weighted by molar-refractivity contribution is 0.275. The van der Waals surface area contributed by atoms with Crippen LogP contribution < -0.4 is 10.5 Å². The smallest absolute Gasteiger partial charge is 0.165 e. The van der Waals surface area contributed by atoms with E-state index in [9.17, 15) is 17.6 Å². The predicted octanol–water partition coefficient (Wildman–Crippen LogP) is 3.32. The minimum Gasteiger partial charge on any atom is -0.488 e. The van der Waals surface area contributed by atoms with Crippen LogP contribution in [0.25, 0.3) is 0 Å². The highest BCUT2D eigenvalue weighted by molar-refractivity contribution is 5.26. The maximum absolute atomic E-state index is 13.3. The van der Waals surface area contributed by atoms with Crippen molar-refractivity contribution in [1.82, 2.24) is 0 Å². The lowest BCUT2D eigenvalue weighted by Crippen LogP contribution is -2.19. The van der Waals surface area contributed by atoms with Crippen molar-refractivity contribution in [3.63, 3.8) is 0 Å². The van der Waals surface area contributed by atoms with E-state index < -0.39 is 29.3 Å². The Hall–Kier alpha value is -2.08. The van der Waals surface area contributed by atoms with Crippen LogP contribution in [0, 0.1) is 23.3 Å². The van der Waals surface area contributed by atoms with Crippen molar-refractivity contribution in [3.05, 3.63) is 65.2 Å². The van der Waals surface area contributed by atoms with Gasteiger partial charge in [-0.3, -0.25) is 0 Å². The normalized spacial score (nSPS) is 12.2. The van der Waals surface area contributed by atoms with Crippen LogP contribution >= 0.6 is 0 Å². The molecule has 0 radical (unpaired) electrons. The van der Waals surface area contributed by atoms with Crippen molar-refractivity contribution in [3.8, 4) is 5.75 Å². The molecule has 0 spiro atoms. The van der Waals surface area contributed by atoms with E-state index >= 15 is 0 Å². The maximum Gasteiger partial charge on any atom is 0.165 e. The van der Waals surface area contributed by atoms with Gasteiger partial charge in [0.1, 0.15) is 12.4 Å². The molecule has 2 aromatic rings. The Kier molecular flexibility index (Phi) is 4.24. The Morgan fingerprint density at radius 1 is 0.900 bits per heavy atom. The highest BCUT2D eigenvalue weighted by Crippen LogP contribution is 2.20. The van der Waals surface area contributed by atoms with Gasteiger partial charge in [-0.2, -0.15) is 0 Å². The molecule has 1 unspecified atom stereocenters. The summed E-state index contributed by atoms with van der Waals surface area (Å²) in [6.45, 7) is -0.203. The third kappa shape index (κ3) is 3.27. The van der Waals surface area contributed by atoms with E-state index in [1.807, 2.05) is 0 Å². The largest absolute Gasteiger partial charge is 0.488 e. The molecule has 20 heavy (non-hydrogen) atoms. The average molecular weight is 285 g/mol. The fraction of sp³-hybridized carbons (Fsp3) is 0.143. The summed E-state index contributed by atoms with van der Waals surface area (Å²) in [5.74, 6) is -3.69. The zero-order valence-corrected chi connectivity index (χ0v) is 10.2. The van der Waals surface area contributed by atoms with Crippen molar-refractivity contribution < 1.29 is 22.3 Å². The summed E-state index contributed by atoms with van der Waals surface area (Å²) in [5, 5.41) is 0. The van der Waals surface area contributed by atoms with Crippen molar-refractivity contribution >= 4 is 0 Å². The van der Waals surface area contributed by atoms with Gasteiger partial charge in [-0.1, -0.05) is 6.07 Å². The van der Waals surface area contributed by atoms with Gasteiger partial charge in [0.25, 0.3) is 0 Å². The molecule has 0 aromatic heterocycles. The van der Waals surface area contributed by atoms with E-state index in [1.54, 1.807) is 0 Å². The molecule has 6 heteroatoms. The van der Waals surface area contributed by atoms with Crippen LogP contribution in [0.3, 0.4) is 0 Å². The van der Waals surface area contributed by atoms with Crippen LogP contribution in [0.15, 0.2) is 36.4 Å². The Morgan fingerprint density at radius 3 is 2.30 bits per heavy atom. The van der Waals surface area contributed by atoms with Crippen LogP contribution in [0.5, 0.6) is 5.75 Å². The number of rotatable bonds is 4. The third-order valence-corrected chi connectivity index (χ3v) is 2.68. The Labute approximate surface area is 112 Å². The summed E-state index contributed by atoms with van der Waals surface area (Å²) in [4.78, 5) is 0. The van der Waals surface area contributed by atoms with E-state index in [0.717, 1.165) is 30.3 Å². The summed E-state index contributed by atoms with van der Waals surface area (Å²) in [7, 11) is 0. The van der Waals surface area contributed by atoms with Gasteiger partial charge in [-0.05, 0) is 29.8 Å². The molecule has 2 N–H and O–H groups in total. The Morgan fingerprint density at radius 2 is 1.60 bits per heavy atom. The number of hydrogen-bond acceptors (Lipinski definition) is 2. The number of benzene rings is 2. The average Bonchev–Trinajstić information content (AvgIpc) is 2.42. The minimum atomic E-state index is -1.03. The van der Waals surface area contributed by atoms with E-state index in [4.69, 9.17) is 10.5 Å². The summed E-state index contributed by atoms with van der Waals surface area (Å²) in [6, 6.07) is 5.14. The number of ether oxygens (including phenoxy) is 1. The molecule has 0 fully saturated rings. The highest BCUT2D eigenvalue weighted by atomic mass is 19.2. The molecule has 0 aliphatic carbocycles. The fourth-order valence-corrected chi connectivity index (χ4v) is 1.61. The van der Waals surface area contributed by atoms with Gasteiger partial charge in [0, 0.05) is 6.07 Å². The molecule has 0 heterocycles. The second kappa shape index (κ2) is 5.92. The molecule has 2 nitrogen and oxygen atoms in total. The second-order valence-corrected chi connectivity index (χ2v) is 4.17. The molecule has 0 aliphatic heterocycles. The zero-order valence-electron chi connectivity index (χ0n) is 10.2. The fourth-order valence-electron chi connectivity index (χ4n) is 1.61. The topological polar surface area (TPSA) is 35.2 Å². The van der Waals surface area contributed by atoms with Crippen LogP contribution in [0.4, 0.5) is 17.6 Å².